The number of carbonyl (C=O) groups is 1. The average Bonchev–Trinajstić information content (AvgIpc) is 2.63. The standard InChI is InChI=1S/C19H21ClN2O5S/c1-12-10-22(11-13(2)27-12)28(25,26)14-7-8-16(20)15(9-14)19(24)21-17-5-3-4-6-18(17)23/h3-9,12-13,23H,10-11H2,1-2H3,(H,21,24). The fourth-order valence-corrected chi connectivity index (χ4v) is 4.90. The van der Waals surface area contributed by atoms with Crippen LogP contribution in [0.1, 0.15) is 24.2 Å². The van der Waals surface area contributed by atoms with Gasteiger partial charge in [-0.15, -0.1) is 0 Å². The monoisotopic (exact) mass is 424 g/mol. The molecule has 150 valence electrons. The van der Waals surface area contributed by atoms with Gasteiger partial charge in [-0.2, -0.15) is 4.31 Å². The van der Waals surface area contributed by atoms with E-state index in [1.54, 1.807) is 12.1 Å². The highest BCUT2D eigenvalue weighted by Crippen LogP contribution is 2.27. The molecule has 1 fully saturated rings. The third kappa shape index (κ3) is 4.30. The van der Waals surface area contributed by atoms with E-state index in [-0.39, 0.29) is 52.2 Å². The third-order valence-electron chi connectivity index (χ3n) is 4.36. The molecule has 0 bridgehead atoms. The molecule has 2 atom stereocenters. The van der Waals surface area contributed by atoms with Crippen LogP contribution in [0.3, 0.4) is 0 Å². The van der Waals surface area contributed by atoms with Crippen LogP contribution < -0.4 is 5.32 Å². The number of anilines is 1. The van der Waals surface area contributed by atoms with Crippen LogP contribution >= 0.6 is 11.6 Å². The van der Waals surface area contributed by atoms with Crippen molar-refractivity contribution in [3.8, 4) is 5.75 Å². The summed E-state index contributed by atoms with van der Waals surface area (Å²) in [5.74, 6) is -0.723. The number of para-hydroxylation sites is 2. The Labute approximate surface area is 168 Å². The van der Waals surface area contributed by atoms with E-state index in [0.717, 1.165) is 0 Å². The van der Waals surface area contributed by atoms with Crippen molar-refractivity contribution >= 4 is 33.2 Å². The van der Waals surface area contributed by atoms with Gasteiger partial charge in [0.1, 0.15) is 5.75 Å². The number of phenolic OH excluding ortho intramolecular Hbond substituents is 1. The highest BCUT2D eigenvalue weighted by molar-refractivity contribution is 7.89. The molecule has 2 unspecified atom stereocenters. The van der Waals surface area contributed by atoms with Crippen LogP contribution in [-0.4, -0.2) is 49.0 Å². The molecule has 1 heterocycles. The van der Waals surface area contributed by atoms with Crippen LogP contribution in [0.4, 0.5) is 5.69 Å². The summed E-state index contributed by atoms with van der Waals surface area (Å²) >= 11 is 6.13. The number of amides is 1. The molecule has 1 amide bonds. The van der Waals surface area contributed by atoms with E-state index in [1.807, 2.05) is 13.8 Å². The minimum absolute atomic E-state index is 0.000325. The van der Waals surface area contributed by atoms with Crippen molar-refractivity contribution in [2.45, 2.75) is 31.0 Å². The van der Waals surface area contributed by atoms with Crippen molar-refractivity contribution in [3.63, 3.8) is 0 Å². The van der Waals surface area contributed by atoms with Gasteiger partial charge in [0.25, 0.3) is 5.91 Å². The molecule has 0 saturated carbocycles. The summed E-state index contributed by atoms with van der Waals surface area (Å²) in [7, 11) is -3.82. The number of hydrogen-bond acceptors (Lipinski definition) is 5. The van der Waals surface area contributed by atoms with Crippen LogP contribution in [0.5, 0.6) is 5.75 Å². The van der Waals surface area contributed by atoms with Gasteiger partial charge in [-0.05, 0) is 44.2 Å². The Balaban J connectivity index is 1.90. The fourth-order valence-electron chi connectivity index (χ4n) is 3.08. The molecule has 9 heteroatoms. The molecule has 0 radical (unpaired) electrons. The van der Waals surface area contributed by atoms with Crippen LogP contribution in [0.15, 0.2) is 47.4 Å². The molecule has 3 rings (SSSR count). The first-order valence-electron chi connectivity index (χ1n) is 8.73. The zero-order valence-corrected chi connectivity index (χ0v) is 17.0. The predicted molar refractivity (Wildman–Crippen MR) is 106 cm³/mol. The number of aromatic hydroxyl groups is 1. The van der Waals surface area contributed by atoms with Crippen molar-refractivity contribution in [2.24, 2.45) is 0 Å². The minimum Gasteiger partial charge on any atom is -0.506 e. The maximum absolute atomic E-state index is 13.0. The smallest absolute Gasteiger partial charge is 0.257 e. The number of ether oxygens (including phenoxy) is 1. The van der Waals surface area contributed by atoms with Gasteiger partial charge in [0.2, 0.25) is 10.0 Å². The van der Waals surface area contributed by atoms with Gasteiger partial charge >= 0.3 is 0 Å². The van der Waals surface area contributed by atoms with Crippen LogP contribution in [0, 0.1) is 0 Å². The highest BCUT2D eigenvalue weighted by atomic mass is 35.5. The number of rotatable bonds is 4. The molecular weight excluding hydrogens is 404 g/mol. The van der Waals surface area contributed by atoms with Gasteiger partial charge < -0.3 is 15.2 Å². The number of benzene rings is 2. The summed E-state index contributed by atoms with van der Waals surface area (Å²) in [6.45, 7) is 4.08. The van der Waals surface area contributed by atoms with Gasteiger partial charge in [0.15, 0.2) is 0 Å². The predicted octanol–water partition coefficient (Wildman–Crippen LogP) is 3.10. The van der Waals surface area contributed by atoms with Crippen LogP contribution in [-0.2, 0) is 14.8 Å². The number of hydrogen-bond donors (Lipinski definition) is 2. The number of phenols is 1. The Bertz CT molecular complexity index is 986. The quantitative estimate of drug-likeness (QED) is 0.735. The second kappa shape index (κ2) is 8.08. The highest BCUT2D eigenvalue weighted by Gasteiger charge is 2.32. The molecule has 2 aromatic rings. The van der Waals surface area contributed by atoms with E-state index < -0.39 is 15.9 Å². The zero-order chi connectivity index (χ0) is 20.5. The van der Waals surface area contributed by atoms with Gasteiger partial charge in [-0.1, -0.05) is 23.7 Å². The van der Waals surface area contributed by atoms with E-state index in [2.05, 4.69) is 5.32 Å². The van der Waals surface area contributed by atoms with Gasteiger partial charge in [0, 0.05) is 13.1 Å². The van der Waals surface area contributed by atoms with E-state index in [0.29, 0.717) is 0 Å². The number of carbonyl (C=O) groups excluding carboxylic acids is 1. The molecule has 28 heavy (non-hydrogen) atoms. The number of morpholine rings is 1. The van der Waals surface area contributed by atoms with Gasteiger partial charge in [-0.25, -0.2) is 8.42 Å². The summed E-state index contributed by atoms with van der Waals surface area (Å²) in [6, 6.07) is 10.2. The Morgan fingerprint density at radius 1 is 1.18 bits per heavy atom. The molecule has 1 saturated heterocycles. The van der Waals surface area contributed by atoms with Crippen molar-refractivity contribution in [1.82, 2.24) is 4.31 Å². The Morgan fingerprint density at radius 2 is 1.82 bits per heavy atom. The normalized spacial score (nSPS) is 20.7. The average molecular weight is 425 g/mol. The number of halogens is 1. The molecule has 2 aromatic carbocycles. The molecule has 0 spiro atoms. The summed E-state index contributed by atoms with van der Waals surface area (Å²) in [4.78, 5) is 12.6. The summed E-state index contributed by atoms with van der Waals surface area (Å²) < 4.78 is 33.0. The van der Waals surface area contributed by atoms with Crippen molar-refractivity contribution in [1.29, 1.82) is 0 Å². The Kier molecular flexibility index (Phi) is 5.95. The van der Waals surface area contributed by atoms with E-state index >= 15 is 0 Å². The Hall–Kier alpha value is -2.13. The van der Waals surface area contributed by atoms with Crippen LogP contribution in [0.25, 0.3) is 0 Å². The largest absolute Gasteiger partial charge is 0.506 e. The van der Waals surface area contributed by atoms with Gasteiger partial charge in [0.05, 0.1) is 33.4 Å². The first kappa shape index (κ1) is 20.6. The molecule has 7 nitrogen and oxygen atoms in total. The first-order chi connectivity index (χ1) is 13.2. The summed E-state index contributed by atoms with van der Waals surface area (Å²) in [6.07, 6.45) is -0.454. The third-order valence-corrected chi connectivity index (χ3v) is 6.52. The second-order valence-electron chi connectivity index (χ2n) is 6.69. The molecule has 0 aromatic heterocycles. The molecule has 1 aliphatic rings. The number of sulfonamides is 1. The summed E-state index contributed by atoms with van der Waals surface area (Å²) in [5, 5.41) is 12.5. The van der Waals surface area contributed by atoms with E-state index in [9.17, 15) is 18.3 Å². The summed E-state index contributed by atoms with van der Waals surface area (Å²) in [5.41, 5.74) is 0.202. The topological polar surface area (TPSA) is 95.9 Å². The van der Waals surface area contributed by atoms with Crippen molar-refractivity contribution in [2.75, 3.05) is 18.4 Å². The van der Waals surface area contributed by atoms with Crippen molar-refractivity contribution in [3.05, 3.63) is 53.1 Å². The van der Waals surface area contributed by atoms with E-state index in [4.69, 9.17) is 16.3 Å². The second-order valence-corrected chi connectivity index (χ2v) is 9.04. The van der Waals surface area contributed by atoms with E-state index in [1.165, 1.54) is 34.6 Å². The minimum atomic E-state index is -3.82. The van der Waals surface area contributed by atoms with Crippen molar-refractivity contribution < 1.29 is 23.1 Å². The Morgan fingerprint density at radius 3 is 2.46 bits per heavy atom. The molecule has 1 aliphatic heterocycles. The fraction of sp³-hybridized carbons (Fsp3) is 0.316. The number of nitrogens with one attached hydrogen (secondary N) is 1. The SMILES string of the molecule is CC1CN(S(=O)(=O)c2ccc(Cl)c(C(=O)Nc3ccccc3O)c2)CC(C)O1. The molecule has 0 aliphatic carbocycles. The lowest BCUT2D eigenvalue weighted by molar-refractivity contribution is -0.0440. The molecular formula is C19H21ClN2O5S. The lowest BCUT2D eigenvalue weighted by Crippen LogP contribution is -2.48. The number of nitrogens with zero attached hydrogens (tertiary/aromatic N) is 1. The lowest BCUT2D eigenvalue weighted by Gasteiger charge is -2.34. The maximum atomic E-state index is 13.0. The first-order valence-corrected chi connectivity index (χ1v) is 10.5. The van der Waals surface area contributed by atoms with Gasteiger partial charge in [-0.3, -0.25) is 4.79 Å². The maximum Gasteiger partial charge on any atom is 0.257 e. The van der Waals surface area contributed by atoms with Crippen LogP contribution in [0.2, 0.25) is 5.02 Å². The zero-order valence-electron chi connectivity index (χ0n) is 15.4. The molecule has 2 N–H and O–H groups in total. The lowest BCUT2D eigenvalue weighted by atomic mass is 10.2.